The second kappa shape index (κ2) is 13.0. The van der Waals surface area contributed by atoms with Crippen LogP contribution >= 0.6 is 0 Å². The van der Waals surface area contributed by atoms with Gasteiger partial charge in [-0.05, 0) is 56.7 Å². The van der Waals surface area contributed by atoms with Crippen LogP contribution in [0, 0.1) is 12.8 Å². The molecule has 1 N–H and O–H groups in total. The molecule has 0 bridgehead atoms. The summed E-state index contributed by atoms with van der Waals surface area (Å²) in [4.78, 5) is 29.9. The van der Waals surface area contributed by atoms with Gasteiger partial charge in [-0.15, -0.1) is 0 Å². The smallest absolute Gasteiger partial charge is 0.409 e. The molecule has 1 amide bonds. The van der Waals surface area contributed by atoms with Gasteiger partial charge in [-0.2, -0.15) is 9.97 Å². The number of ether oxygens (including phenoxy) is 2. The number of nitrogens with one attached hydrogen (secondary N) is 1. The van der Waals surface area contributed by atoms with E-state index in [-0.39, 0.29) is 18.0 Å². The van der Waals surface area contributed by atoms with Crippen molar-refractivity contribution in [2.75, 3.05) is 56.2 Å². The Morgan fingerprint density at radius 1 is 1.15 bits per heavy atom. The maximum atomic E-state index is 14.2. The Hall–Kier alpha value is -3.54. The van der Waals surface area contributed by atoms with Gasteiger partial charge in [0, 0.05) is 32.2 Å². The quantitative estimate of drug-likeness (QED) is 0.344. The van der Waals surface area contributed by atoms with Crippen LogP contribution in [0.4, 0.5) is 25.3 Å². The van der Waals surface area contributed by atoms with Gasteiger partial charge in [0.1, 0.15) is 11.6 Å². The van der Waals surface area contributed by atoms with Gasteiger partial charge in [-0.3, -0.25) is 4.57 Å². The average Bonchev–Trinajstić information content (AvgIpc) is 3.35. The summed E-state index contributed by atoms with van der Waals surface area (Å²) in [5.74, 6) is 1.31. The van der Waals surface area contributed by atoms with Gasteiger partial charge in [-0.25, -0.2) is 18.6 Å². The molecule has 0 unspecified atom stereocenters. The summed E-state index contributed by atoms with van der Waals surface area (Å²) in [5.41, 5.74) is 2.00. The molecule has 2 aliphatic rings. The molecule has 5 rings (SSSR count). The molecular weight excluding hydrogens is 532 g/mol. The number of aromatic nitrogens is 4. The number of nitrogens with zero attached hydrogens (tertiary/aromatic N) is 6. The van der Waals surface area contributed by atoms with Gasteiger partial charge in [0.25, 0.3) is 6.43 Å². The third kappa shape index (κ3) is 6.69. The molecule has 2 aromatic heterocycles. The van der Waals surface area contributed by atoms with Crippen LogP contribution in [0.15, 0.2) is 24.3 Å². The SMILES string of the molecule is CCCCOC(=O)N1CCC(CNc2nc(N3CCOC[C@H]3C)cc(-n3c(C(F)F)nc4ccc(C)cc43)n2)CC1. The molecule has 3 aromatic rings. The number of aryl methyl sites for hydroxylation is 1. The first-order valence-corrected chi connectivity index (χ1v) is 14.5. The standard InChI is InChI=1S/C29H39F2N7O3/c1-4-5-13-41-29(39)36-10-8-21(9-11-36)17-32-28-34-24(37-12-14-40-18-20(37)3)16-25(35-28)38-23-15-19(2)6-7-22(23)33-27(38)26(30)31/h6-7,15-16,20-21,26H,4-5,8-14,17-18H2,1-3H3,(H,32,34,35)/t20-/m1/s1. The zero-order chi connectivity index (χ0) is 28.9. The normalized spacial score (nSPS) is 18.3. The minimum Gasteiger partial charge on any atom is -0.449 e. The number of unbranched alkanes of at least 4 members (excludes halogenated alkanes) is 1. The monoisotopic (exact) mass is 571 g/mol. The number of piperidine rings is 1. The number of hydrogen-bond donors (Lipinski definition) is 1. The summed E-state index contributed by atoms with van der Waals surface area (Å²) >= 11 is 0. The summed E-state index contributed by atoms with van der Waals surface area (Å²) in [6, 6.07) is 7.28. The third-order valence-corrected chi connectivity index (χ3v) is 7.77. The minimum atomic E-state index is -2.78. The number of anilines is 2. The van der Waals surface area contributed by atoms with Crippen LogP contribution in [0.2, 0.25) is 0 Å². The fourth-order valence-corrected chi connectivity index (χ4v) is 5.37. The molecule has 10 nitrogen and oxygen atoms in total. The number of rotatable bonds is 9. The van der Waals surface area contributed by atoms with E-state index in [9.17, 15) is 13.6 Å². The van der Waals surface area contributed by atoms with Gasteiger partial charge >= 0.3 is 6.09 Å². The highest BCUT2D eigenvalue weighted by atomic mass is 19.3. The molecule has 2 aliphatic heterocycles. The highest BCUT2D eigenvalue weighted by Crippen LogP contribution is 2.30. The summed E-state index contributed by atoms with van der Waals surface area (Å²) < 4.78 is 40.9. The number of benzene rings is 1. The van der Waals surface area contributed by atoms with Crippen molar-refractivity contribution in [1.82, 2.24) is 24.4 Å². The van der Waals surface area contributed by atoms with E-state index in [2.05, 4.69) is 29.0 Å². The van der Waals surface area contributed by atoms with Crippen molar-refractivity contribution in [3.8, 4) is 5.82 Å². The van der Waals surface area contributed by atoms with Gasteiger partial charge in [0.15, 0.2) is 5.82 Å². The van der Waals surface area contributed by atoms with E-state index in [0.717, 1.165) is 31.2 Å². The van der Waals surface area contributed by atoms with E-state index in [4.69, 9.17) is 19.4 Å². The Morgan fingerprint density at radius 2 is 1.93 bits per heavy atom. The average molecular weight is 572 g/mol. The number of halogens is 2. The Morgan fingerprint density at radius 3 is 2.66 bits per heavy atom. The fraction of sp³-hybridized carbons (Fsp3) is 0.586. The fourth-order valence-electron chi connectivity index (χ4n) is 5.37. The molecule has 2 fully saturated rings. The molecule has 0 saturated carbocycles. The molecule has 4 heterocycles. The highest BCUT2D eigenvalue weighted by molar-refractivity contribution is 5.79. The maximum absolute atomic E-state index is 14.2. The van der Waals surface area contributed by atoms with E-state index in [0.29, 0.717) is 80.5 Å². The Bertz CT molecular complexity index is 1340. The highest BCUT2D eigenvalue weighted by Gasteiger charge is 2.27. The summed E-state index contributed by atoms with van der Waals surface area (Å²) in [6.07, 6.45) is 0.468. The van der Waals surface area contributed by atoms with Gasteiger partial charge in [-0.1, -0.05) is 19.4 Å². The van der Waals surface area contributed by atoms with Crippen LogP contribution < -0.4 is 10.2 Å². The maximum Gasteiger partial charge on any atom is 0.409 e. The number of alkyl halides is 2. The second-order valence-electron chi connectivity index (χ2n) is 10.9. The van der Waals surface area contributed by atoms with Crippen molar-refractivity contribution < 1.29 is 23.0 Å². The van der Waals surface area contributed by atoms with Crippen LogP contribution in [0.3, 0.4) is 0 Å². The van der Waals surface area contributed by atoms with Crippen molar-refractivity contribution in [3.63, 3.8) is 0 Å². The zero-order valence-electron chi connectivity index (χ0n) is 24.0. The number of hydrogen-bond acceptors (Lipinski definition) is 8. The topological polar surface area (TPSA) is 97.6 Å². The van der Waals surface area contributed by atoms with Crippen LogP contribution in [-0.2, 0) is 9.47 Å². The predicted molar refractivity (Wildman–Crippen MR) is 153 cm³/mol. The largest absolute Gasteiger partial charge is 0.449 e. The summed E-state index contributed by atoms with van der Waals surface area (Å²) in [7, 11) is 0. The number of fused-ring (bicyclic) bond motifs is 1. The Kier molecular flexibility index (Phi) is 9.16. The van der Waals surface area contributed by atoms with Crippen molar-refractivity contribution >= 4 is 28.9 Å². The summed E-state index contributed by atoms with van der Waals surface area (Å²) in [5, 5.41) is 3.37. The van der Waals surface area contributed by atoms with Crippen LogP contribution in [0.5, 0.6) is 0 Å². The van der Waals surface area contributed by atoms with Crippen molar-refractivity contribution in [2.24, 2.45) is 5.92 Å². The molecule has 222 valence electrons. The first-order valence-electron chi connectivity index (χ1n) is 14.5. The molecule has 0 aliphatic carbocycles. The second-order valence-corrected chi connectivity index (χ2v) is 10.9. The number of imidazole rings is 1. The number of carbonyl (C=O) groups is 1. The Balaban J connectivity index is 1.39. The zero-order valence-corrected chi connectivity index (χ0v) is 24.0. The lowest BCUT2D eigenvalue weighted by atomic mass is 9.97. The predicted octanol–water partition coefficient (Wildman–Crippen LogP) is 5.35. The van der Waals surface area contributed by atoms with E-state index in [1.165, 1.54) is 4.57 Å². The molecule has 1 atom stereocenters. The molecular formula is C29H39F2N7O3. The van der Waals surface area contributed by atoms with Gasteiger partial charge in [0.2, 0.25) is 5.95 Å². The lowest BCUT2D eigenvalue weighted by Crippen LogP contribution is -2.44. The molecule has 12 heteroatoms. The summed E-state index contributed by atoms with van der Waals surface area (Å²) in [6.45, 7) is 10.1. The molecule has 41 heavy (non-hydrogen) atoms. The first kappa shape index (κ1) is 29.0. The van der Waals surface area contributed by atoms with Gasteiger partial charge < -0.3 is 24.6 Å². The van der Waals surface area contributed by atoms with E-state index in [1.54, 1.807) is 17.0 Å². The number of likely N-dealkylation sites (tertiary alicyclic amines) is 1. The molecule has 0 radical (unpaired) electrons. The van der Waals surface area contributed by atoms with E-state index >= 15 is 0 Å². The van der Waals surface area contributed by atoms with Crippen LogP contribution in [-0.4, -0.2) is 82.6 Å². The van der Waals surface area contributed by atoms with Gasteiger partial charge in [0.05, 0.1) is 36.9 Å². The molecule has 2 saturated heterocycles. The number of morpholine rings is 1. The number of amides is 1. The van der Waals surface area contributed by atoms with Crippen molar-refractivity contribution in [1.29, 1.82) is 0 Å². The third-order valence-electron chi connectivity index (χ3n) is 7.77. The Labute approximate surface area is 239 Å². The molecule has 0 spiro atoms. The van der Waals surface area contributed by atoms with Crippen molar-refractivity contribution in [3.05, 3.63) is 35.7 Å². The van der Waals surface area contributed by atoms with E-state index < -0.39 is 6.43 Å². The minimum absolute atomic E-state index is 0.0668. The van der Waals surface area contributed by atoms with Crippen LogP contribution in [0.1, 0.15) is 57.3 Å². The number of carbonyl (C=O) groups excluding carboxylic acids is 1. The first-order chi connectivity index (χ1) is 19.8. The lowest BCUT2D eigenvalue weighted by molar-refractivity contribution is 0.0876. The molecule has 1 aromatic carbocycles. The van der Waals surface area contributed by atoms with E-state index in [1.807, 2.05) is 19.1 Å². The lowest BCUT2D eigenvalue weighted by Gasteiger charge is -2.34. The van der Waals surface area contributed by atoms with Crippen molar-refractivity contribution in [2.45, 2.75) is 58.9 Å². The van der Waals surface area contributed by atoms with Crippen LogP contribution in [0.25, 0.3) is 16.9 Å².